The van der Waals surface area contributed by atoms with Crippen molar-refractivity contribution in [3.05, 3.63) is 11.4 Å². The fourth-order valence-corrected chi connectivity index (χ4v) is 3.85. The molecule has 23 heavy (non-hydrogen) atoms. The maximum Gasteiger partial charge on any atom is 0.236 e. The standard InChI is InChI=1S/C18H32N4O/c1-14(2)11-20-8-9-22(17(13-20)10-19-5)18(23)16-6-7-21(12-16)15(3)4/h14-17H,6-13H2,1-4H3/t16-,17-/m1/s1. The van der Waals surface area contributed by atoms with Gasteiger partial charge < -0.3 is 14.6 Å². The number of nitrogens with zero attached hydrogens (tertiary/aromatic N) is 4. The van der Waals surface area contributed by atoms with Crippen LogP contribution in [0.5, 0.6) is 0 Å². The predicted octanol–water partition coefficient (Wildman–Crippen LogP) is 1.80. The molecule has 0 spiro atoms. The second-order valence-electron chi connectivity index (χ2n) is 7.75. The lowest BCUT2D eigenvalue weighted by Gasteiger charge is -2.41. The van der Waals surface area contributed by atoms with Gasteiger partial charge in [0, 0.05) is 38.8 Å². The van der Waals surface area contributed by atoms with E-state index in [2.05, 4.69) is 42.3 Å². The molecule has 2 aliphatic rings. The Morgan fingerprint density at radius 2 is 1.91 bits per heavy atom. The maximum atomic E-state index is 13.0. The highest BCUT2D eigenvalue weighted by atomic mass is 16.2. The van der Waals surface area contributed by atoms with E-state index in [1.165, 1.54) is 0 Å². The first-order chi connectivity index (χ1) is 10.9. The third-order valence-electron chi connectivity index (χ3n) is 5.07. The van der Waals surface area contributed by atoms with E-state index >= 15 is 0 Å². The van der Waals surface area contributed by atoms with Crippen LogP contribution >= 0.6 is 0 Å². The molecule has 2 aliphatic heterocycles. The Labute approximate surface area is 141 Å². The van der Waals surface area contributed by atoms with Crippen molar-refractivity contribution in [1.29, 1.82) is 0 Å². The Kier molecular flexibility index (Phi) is 6.43. The summed E-state index contributed by atoms with van der Waals surface area (Å²) in [6, 6.07) is 0.579. The molecule has 5 heteroatoms. The van der Waals surface area contributed by atoms with Crippen molar-refractivity contribution in [3.63, 3.8) is 0 Å². The Balaban J connectivity index is 1.97. The minimum atomic E-state index is 0.0700. The lowest BCUT2D eigenvalue weighted by Crippen LogP contribution is -2.58. The number of carbonyl (C=O) groups excluding carboxylic acids is 1. The Hall–Kier alpha value is -1.12. The lowest BCUT2D eigenvalue weighted by molar-refractivity contribution is -0.139. The fourth-order valence-electron chi connectivity index (χ4n) is 3.85. The zero-order valence-electron chi connectivity index (χ0n) is 15.2. The van der Waals surface area contributed by atoms with Crippen LogP contribution in [0.25, 0.3) is 4.85 Å². The van der Waals surface area contributed by atoms with Gasteiger partial charge in [-0.3, -0.25) is 9.69 Å². The van der Waals surface area contributed by atoms with Crippen LogP contribution in [-0.4, -0.2) is 78.5 Å². The minimum absolute atomic E-state index is 0.0700. The Bertz CT molecular complexity index is 443. The molecule has 0 unspecified atom stereocenters. The van der Waals surface area contributed by atoms with Gasteiger partial charge in [-0.05, 0) is 32.7 Å². The molecule has 2 rings (SSSR count). The number of hydrogen-bond donors (Lipinski definition) is 0. The zero-order chi connectivity index (χ0) is 17.0. The molecule has 1 amide bonds. The van der Waals surface area contributed by atoms with E-state index in [-0.39, 0.29) is 17.9 Å². The van der Waals surface area contributed by atoms with Crippen molar-refractivity contribution >= 4 is 5.91 Å². The number of amides is 1. The van der Waals surface area contributed by atoms with Crippen LogP contribution in [0.15, 0.2) is 0 Å². The monoisotopic (exact) mass is 320 g/mol. The molecule has 0 aromatic heterocycles. The zero-order valence-corrected chi connectivity index (χ0v) is 15.2. The molecule has 2 atom stereocenters. The number of rotatable bonds is 5. The maximum absolute atomic E-state index is 13.0. The van der Waals surface area contributed by atoms with E-state index in [9.17, 15) is 4.79 Å². The molecule has 0 saturated carbocycles. The summed E-state index contributed by atoms with van der Waals surface area (Å²) in [5.74, 6) is 1.04. The normalized spacial score (nSPS) is 26.9. The van der Waals surface area contributed by atoms with Gasteiger partial charge in [-0.25, -0.2) is 6.57 Å². The molecule has 130 valence electrons. The van der Waals surface area contributed by atoms with Gasteiger partial charge in [0.25, 0.3) is 0 Å². The minimum Gasteiger partial charge on any atom is -0.329 e. The SMILES string of the molecule is [C-]#[N+]C[C@@H]1CN(CC(C)C)CCN1C(=O)[C@@H]1CCN(C(C)C)C1. The highest BCUT2D eigenvalue weighted by Gasteiger charge is 2.38. The molecule has 0 aromatic rings. The molecule has 0 N–H and O–H groups in total. The number of piperazine rings is 1. The van der Waals surface area contributed by atoms with Gasteiger partial charge >= 0.3 is 0 Å². The van der Waals surface area contributed by atoms with Crippen LogP contribution < -0.4 is 0 Å². The van der Waals surface area contributed by atoms with Crippen LogP contribution in [0.3, 0.4) is 0 Å². The highest BCUT2D eigenvalue weighted by molar-refractivity contribution is 5.80. The topological polar surface area (TPSA) is 31.1 Å². The van der Waals surface area contributed by atoms with Gasteiger partial charge in [-0.15, -0.1) is 0 Å². The van der Waals surface area contributed by atoms with E-state index in [0.717, 1.165) is 45.7 Å². The highest BCUT2D eigenvalue weighted by Crippen LogP contribution is 2.23. The van der Waals surface area contributed by atoms with Crippen molar-refractivity contribution in [2.75, 3.05) is 45.8 Å². The smallest absolute Gasteiger partial charge is 0.236 e. The lowest BCUT2D eigenvalue weighted by atomic mass is 10.0. The molecule has 0 aliphatic carbocycles. The summed E-state index contributed by atoms with van der Waals surface area (Å²) in [6.45, 7) is 22.0. The molecule has 0 aromatic carbocycles. The van der Waals surface area contributed by atoms with Gasteiger partial charge in [-0.2, -0.15) is 0 Å². The third kappa shape index (κ3) is 4.68. The number of carbonyl (C=O) groups is 1. The summed E-state index contributed by atoms with van der Waals surface area (Å²) >= 11 is 0. The van der Waals surface area contributed by atoms with Crippen molar-refractivity contribution < 1.29 is 4.79 Å². The van der Waals surface area contributed by atoms with Crippen LogP contribution in [0.4, 0.5) is 0 Å². The molecular formula is C18H32N4O. The van der Waals surface area contributed by atoms with Crippen LogP contribution in [-0.2, 0) is 4.79 Å². The van der Waals surface area contributed by atoms with E-state index in [1.807, 2.05) is 4.90 Å². The van der Waals surface area contributed by atoms with Crippen LogP contribution in [0.1, 0.15) is 34.1 Å². The second kappa shape index (κ2) is 8.12. The van der Waals surface area contributed by atoms with Crippen molar-refractivity contribution in [3.8, 4) is 0 Å². The molecule has 0 radical (unpaired) electrons. The second-order valence-corrected chi connectivity index (χ2v) is 7.75. The van der Waals surface area contributed by atoms with E-state index in [4.69, 9.17) is 6.57 Å². The first-order valence-electron chi connectivity index (χ1n) is 9.02. The first-order valence-corrected chi connectivity index (χ1v) is 9.02. The molecular weight excluding hydrogens is 288 g/mol. The van der Waals surface area contributed by atoms with Gasteiger partial charge in [0.1, 0.15) is 6.04 Å². The van der Waals surface area contributed by atoms with E-state index < -0.39 is 0 Å². The number of hydrogen-bond acceptors (Lipinski definition) is 3. The first kappa shape index (κ1) is 18.2. The van der Waals surface area contributed by atoms with Gasteiger partial charge in [0.2, 0.25) is 12.5 Å². The predicted molar refractivity (Wildman–Crippen MR) is 93.1 cm³/mol. The van der Waals surface area contributed by atoms with Crippen molar-refractivity contribution in [2.45, 2.75) is 46.2 Å². The van der Waals surface area contributed by atoms with E-state index in [0.29, 0.717) is 18.5 Å². The average Bonchev–Trinajstić information content (AvgIpc) is 2.96. The summed E-state index contributed by atoms with van der Waals surface area (Å²) in [4.78, 5) is 23.4. The van der Waals surface area contributed by atoms with Crippen LogP contribution in [0.2, 0.25) is 0 Å². The Morgan fingerprint density at radius 3 is 2.48 bits per heavy atom. The molecule has 2 heterocycles. The van der Waals surface area contributed by atoms with E-state index in [1.54, 1.807) is 0 Å². The summed E-state index contributed by atoms with van der Waals surface area (Å²) in [5, 5.41) is 0. The molecule has 2 fully saturated rings. The molecule has 5 nitrogen and oxygen atoms in total. The van der Waals surface area contributed by atoms with Gasteiger partial charge in [0.15, 0.2) is 0 Å². The van der Waals surface area contributed by atoms with Gasteiger partial charge in [0.05, 0.1) is 5.92 Å². The quantitative estimate of drug-likeness (QED) is 0.724. The van der Waals surface area contributed by atoms with Crippen LogP contribution in [0, 0.1) is 18.4 Å². The summed E-state index contributed by atoms with van der Waals surface area (Å²) in [6.07, 6.45) is 0.966. The largest absolute Gasteiger partial charge is 0.329 e. The fraction of sp³-hybridized carbons (Fsp3) is 0.889. The number of likely N-dealkylation sites (tertiary alicyclic amines) is 1. The average molecular weight is 320 g/mol. The van der Waals surface area contributed by atoms with Gasteiger partial charge in [-0.1, -0.05) is 13.8 Å². The summed E-state index contributed by atoms with van der Waals surface area (Å²) in [7, 11) is 0. The van der Waals surface area contributed by atoms with Crippen molar-refractivity contribution in [1.82, 2.24) is 14.7 Å². The third-order valence-corrected chi connectivity index (χ3v) is 5.07. The summed E-state index contributed by atoms with van der Waals surface area (Å²) in [5.41, 5.74) is 0. The van der Waals surface area contributed by atoms with Crippen molar-refractivity contribution in [2.24, 2.45) is 11.8 Å². The summed E-state index contributed by atoms with van der Waals surface area (Å²) < 4.78 is 0. The Morgan fingerprint density at radius 1 is 1.17 bits per heavy atom. The molecule has 2 saturated heterocycles. The molecule has 0 bridgehead atoms.